The number of nitrogens with zero attached hydrogens (tertiary/aromatic N) is 3. The first-order valence-electron chi connectivity index (χ1n) is 8.77. The molecule has 1 aromatic heterocycles. The van der Waals surface area contributed by atoms with Crippen LogP contribution in [0.4, 0.5) is 0 Å². The van der Waals surface area contributed by atoms with E-state index in [1.54, 1.807) is 18.0 Å². The first kappa shape index (κ1) is 17.6. The van der Waals surface area contributed by atoms with Crippen LogP contribution in [0.5, 0.6) is 5.75 Å². The van der Waals surface area contributed by atoms with Crippen LogP contribution in [0.1, 0.15) is 33.2 Å². The quantitative estimate of drug-likeness (QED) is 0.670. The van der Waals surface area contributed by atoms with E-state index in [1.165, 1.54) is 0 Å². The summed E-state index contributed by atoms with van der Waals surface area (Å²) in [6.45, 7) is 0.525. The van der Waals surface area contributed by atoms with Crippen LogP contribution in [0.15, 0.2) is 54.7 Å². The molecule has 27 heavy (non-hydrogen) atoms. The second-order valence-electron chi connectivity index (χ2n) is 6.65. The number of amides is 1. The van der Waals surface area contributed by atoms with Gasteiger partial charge >= 0.3 is 0 Å². The van der Waals surface area contributed by atoms with Crippen LogP contribution in [-0.2, 0) is 20.0 Å². The summed E-state index contributed by atoms with van der Waals surface area (Å²) in [7, 11) is 3.51. The Balaban J connectivity index is 1.68. The molecule has 6 heteroatoms. The Labute approximate surface area is 163 Å². The predicted molar refractivity (Wildman–Crippen MR) is 104 cm³/mol. The fourth-order valence-electron chi connectivity index (χ4n) is 3.63. The van der Waals surface area contributed by atoms with E-state index in [-0.39, 0.29) is 11.9 Å². The third-order valence-electron chi connectivity index (χ3n) is 5.10. The van der Waals surface area contributed by atoms with Gasteiger partial charge in [-0.15, -0.1) is 0 Å². The molecule has 138 valence electrons. The first-order valence-corrected chi connectivity index (χ1v) is 9.15. The summed E-state index contributed by atoms with van der Waals surface area (Å²) in [5.74, 6) is 0.845. The maximum Gasteiger partial charge on any atom is 0.255 e. The van der Waals surface area contributed by atoms with E-state index in [0.29, 0.717) is 18.0 Å². The molecule has 0 radical (unpaired) electrons. The molecule has 5 nitrogen and oxygen atoms in total. The lowest BCUT2D eigenvalue weighted by Gasteiger charge is -2.26. The Kier molecular flexibility index (Phi) is 4.62. The largest absolute Gasteiger partial charge is 0.497 e. The number of ether oxygens (including phenoxy) is 1. The van der Waals surface area contributed by atoms with Crippen molar-refractivity contribution in [3.63, 3.8) is 0 Å². The van der Waals surface area contributed by atoms with Crippen molar-refractivity contribution in [2.45, 2.75) is 19.0 Å². The molecule has 0 aliphatic carbocycles. The maximum atomic E-state index is 13.1. The summed E-state index contributed by atoms with van der Waals surface area (Å²) >= 11 is 6.33. The highest BCUT2D eigenvalue weighted by atomic mass is 35.5. The molecule has 4 rings (SSSR count). The minimum atomic E-state index is -0.0799. The lowest BCUT2D eigenvalue weighted by atomic mass is 10.0. The van der Waals surface area contributed by atoms with Crippen LogP contribution >= 0.6 is 11.6 Å². The number of rotatable bonds is 5. The minimum Gasteiger partial charge on any atom is -0.497 e. The van der Waals surface area contributed by atoms with E-state index in [0.717, 1.165) is 28.1 Å². The molecule has 2 heterocycles. The predicted octanol–water partition coefficient (Wildman–Crippen LogP) is 4.02. The monoisotopic (exact) mass is 381 g/mol. The molecule has 0 N–H and O–H groups in total. The Bertz CT molecular complexity index is 962. The third-order valence-corrected chi connectivity index (χ3v) is 5.41. The molecular weight excluding hydrogens is 362 g/mol. The molecule has 1 atom stereocenters. The van der Waals surface area contributed by atoms with Gasteiger partial charge in [-0.1, -0.05) is 41.9 Å². The van der Waals surface area contributed by atoms with Crippen molar-refractivity contribution in [2.75, 3.05) is 7.11 Å². The Morgan fingerprint density at radius 3 is 2.56 bits per heavy atom. The maximum absolute atomic E-state index is 13.1. The molecule has 0 saturated carbocycles. The molecule has 0 bridgehead atoms. The number of carbonyl (C=O) groups excluding carboxylic acids is 1. The summed E-state index contributed by atoms with van der Waals surface area (Å²) in [5, 5.41) is 4.85. The number of benzene rings is 2. The van der Waals surface area contributed by atoms with Crippen LogP contribution in [0, 0.1) is 0 Å². The van der Waals surface area contributed by atoms with Gasteiger partial charge in [0.15, 0.2) is 0 Å². The Morgan fingerprint density at radius 2 is 1.89 bits per heavy atom. The summed E-state index contributed by atoms with van der Waals surface area (Å²) < 4.78 is 7.00. The number of aryl methyl sites for hydroxylation is 1. The van der Waals surface area contributed by atoms with Gasteiger partial charge in [-0.3, -0.25) is 9.48 Å². The second-order valence-corrected chi connectivity index (χ2v) is 7.06. The standard InChI is InChI=1S/C21H20ClN3O2/c1-24-20(18(22)12-23-24)11-19-16-5-3-4-6-17(16)21(26)25(19)13-14-7-9-15(27-2)10-8-14/h3-10,12,19H,11,13H2,1-2H3/t19-/m1/s1. The molecule has 0 fully saturated rings. The number of fused-ring (bicyclic) bond motifs is 1. The molecule has 0 saturated heterocycles. The first-order chi connectivity index (χ1) is 13.1. The van der Waals surface area contributed by atoms with Crippen LogP contribution in [0.3, 0.4) is 0 Å². The topological polar surface area (TPSA) is 47.4 Å². The summed E-state index contributed by atoms with van der Waals surface area (Å²) in [6.07, 6.45) is 2.27. The van der Waals surface area contributed by atoms with Crippen LogP contribution < -0.4 is 4.74 Å². The average molecular weight is 382 g/mol. The number of hydrogen-bond acceptors (Lipinski definition) is 3. The lowest BCUT2D eigenvalue weighted by Crippen LogP contribution is -2.29. The van der Waals surface area contributed by atoms with Gasteiger partial charge in [-0.25, -0.2) is 0 Å². The zero-order chi connectivity index (χ0) is 19.0. The van der Waals surface area contributed by atoms with Gasteiger partial charge in [0.05, 0.1) is 30.1 Å². The van der Waals surface area contributed by atoms with E-state index in [4.69, 9.17) is 16.3 Å². The smallest absolute Gasteiger partial charge is 0.255 e. The van der Waals surface area contributed by atoms with Crippen molar-refractivity contribution in [1.29, 1.82) is 0 Å². The Morgan fingerprint density at radius 1 is 1.15 bits per heavy atom. The summed E-state index contributed by atoms with van der Waals surface area (Å²) in [6, 6.07) is 15.5. The highest BCUT2D eigenvalue weighted by Crippen LogP contribution is 2.38. The second kappa shape index (κ2) is 7.08. The van der Waals surface area contributed by atoms with Gasteiger partial charge in [0.2, 0.25) is 0 Å². The van der Waals surface area contributed by atoms with Crippen molar-refractivity contribution < 1.29 is 9.53 Å². The summed E-state index contributed by atoms with van der Waals surface area (Å²) in [4.78, 5) is 15.0. The van der Waals surface area contributed by atoms with E-state index >= 15 is 0 Å². The molecular formula is C21H20ClN3O2. The molecule has 1 aliphatic heterocycles. The number of halogens is 1. The van der Waals surface area contributed by atoms with Gasteiger partial charge in [0.1, 0.15) is 5.75 Å². The van der Waals surface area contributed by atoms with Crippen molar-refractivity contribution >= 4 is 17.5 Å². The van der Waals surface area contributed by atoms with Gasteiger partial charge in [0.25, 0.3) is 5.91 Å². The van der Waals surface area contributed by atoms with Crippen molar-refractivity contribution in [2.24, 2.45) is 7.05 Å². The molecule has 0 spiro atoms. The number of aromatic nitrogens is 2. The lowest BCUT2D eigenvalue weighted by molar-refractivity contribution is 0.0708. The van der Waals surface area contributed by atoms with E-state index in [9.17, 15) is 4.79 Å². The van der Waals surface area contributed by atoms with Gasteiger partial charge in [-0.05, 0) is 29.3 Å². The summed E-state index contributed by atoms with van der Waals surface area (Å²) in [5.41, 5.74) is 3.77. The highest BCUT2D eigenvalue weighted by Gasteiger charge is 2.37. The van der Waals surface area contributed by atoms with Crippen molar-refractivity contribution in [3.05, 3.63) is 82.1 Å². The minimum absolute atomic E-state index is 0.0460. The van der Waals surface area contributed by atoms with Crippen LogP contribution in [0.25, 0.3) is 0 Å². The SMILES string of the molecule is COc1ccc(CN2C(=O)c3ccccc3[C@H]2Cc2c(Cl)cnn2C)cc1. The van der Waals surface area contributed by atoms with E-state index in [1.807, 2.05) is 60.5 Å². The number of carbonyl (C=O) groups is 1. The van der Waals surface area contributed by atoms with Crippen LogP contribution in [0.2, 0.25) is 5.02 Å². The molecule has 2 aromatic carbocycles. The van der Waals surface area contributed by atoms with Crippen molar-refractivity contribution in [3.8, 4) is 5.75 Å². The van der Waals surface area contributed by atoms with Gasteiger partial charge < -0.3 is 9.64 Å². The fraction of sp³-hybridized carbons (Fsp3) is 0.238. The normalized spacial score (nSPS) is 15.9. The number of hydrogen-bond donors (Lipinski definition) is 0. The van der Waals surface area contributed by atoms with Crippen molar-refractivity contribution in [1.82, 2.24) is 14.7 Å². The highest BCUT2D eigenvalue weighted by molar-refractivity contribution is 6.31. The van der Waals surface area contributed by atoms with Crippen LogP contribution in [-0.4, -0.2) is 27.7 Å². The van der Waals surface area contributed by atoms with E-state index in [2.05, 4.69) is 5.10 Å². The fourth-order valence-corrected chi connectivity index (χ4v) is 3.87. The van der Waals surface area contributed by atoms with Gasteiger partial charge in [-0.2, -0.15) is 5.10 Å². The zero-order valence-electron chi connectivity index (χ0n) is 15.2. The zero-order valence-corrected chi connectivity index (χ0v) is 16.0. The Hall–Kier alpha value is -2.79. The van der Waals surface area contributed by atoms with E-state index < -0.39 is 0 Å². The third kappa shape index (κ3) is 3.19. The molecule has 3 aromatic rings. The van der Waals surface area contributed by atoms with Gasteiger partial charge in [0, 0.05) is 25.6 Å². The number of methoxy groups -OCH3 is 1. The molecule has 1 aliphatic rings. The average Bonchev–Trinajstić information content (AvgIpc) is 3.15. The molecule has 1 amide bonds. The molecule has 0 unspecified atom stereocenters.